The van der Waals surface area contributed by atoms with Crippen molar-refractivity contribution in [1.29, 1.82) is 0 Å². The summed E-state index contributed by atoms with van der Waals surface area (Å²) in [6.45, 7) is 4.20. The highest BCUT2D eigenvalue weighted by molar-refractivity contribution is 5.30. The van der Waals surface area contributed by atoms with E-state index in [0.29, 0.717) is 0 Å². The van der Waals surface area contributed by atoms with E-state index in [2.05, 4.69) is 20.4 Å². The first kappa shape index (κ1) is 15.7. The van der Waals surface area contributed by atoms with Crippen molar-refractivity contribution in [2.45, 2.75) is 38.1 Å². The maximum absolute atomic E-state index is 5.53. The Labute approximate surface area is 142 Å². The fraction of sp³-hybridized carbons (Fsp3) is 0.611. The quantitative estimate of drug-likeness (QED) is 0.743. The standard InChI is InChI=1S/C18H25N5O/c1-2-5-17(6-3-1)23-18(19-20-21-23)7-4-11-22(16-8-9-16)13-15-10-12-24-14-15/h1-3,5-6,15-16H,4,7-14H2/t15-/m1/s1. The average molecular weight is 327 g/mol. The molecule has 1 aliphatic carbocycles. The Morgan fingerprint density at radius 1 is 1.17 bits per heavy atom. The van der Waals surface area contributed by atoms with Gasteiger partial charge in [0.05, 0.1) is 12.3 Å². The van der Waals surface area contributed by atoms with Crippen LogP contribution in [-0.2, 0) is 11.2 Å². The van der Waals surface area contributed by atoms with Gasteiger partial charge >= 0.3 is 0 Å². The first-order valence-corrected chi connectivity index (χ1v) is 9.04. The topological polar surface area (TPSA) is 56.1 Å². The van der Waals surface area contributed by atoms with Gasteiger partial charge in [0.15, 0.2) is 5.82 Å². The minimum atomic E-state index is 0.722. The molecule has 2 aromatic rings. The second-order valence-corrected chi connectivity index (χ2v) is 6.90. The van der Waals surface area contributed by atoms with Crippen LogP contribution in [0.4, 0.5) is 0 Å². The van der Waals surface area contributed by atoms with E-state index in [0.717, 1.165) is 56.1 Å². The van der Waals surface area contributed by atoms with Crippen LogP contribution in [0.5, 0.6) is 0 Å². The third kappa shape index (κ3) is 3.82. The fourth-order valence-corrected chi connectivity index (χ4v) is 3.49. The maximum Gasteiger partial charge on any atom is 0.156 e. The predicted molar refractivity (Wildman–Crippen MR) is 91.0 cm³/mol. The Morgan fingerprint density at radius 3 is 2.79 bits per heavy atom. The molecule has 0 spiro atoms. The Hall–Kier alpha value is -1.79. The molecule has 1 aromatic carbocycles. The van der Waals surface area contributed by atoms with Crippen molar-refractivity contribution in [3.05, 3.63) is 36.2 Å². The SMILES string of the molecule is c1ccc(-n2nnnc2CCCN(C[C@H]2CCOC2)C2CC2)cc1. The maximum atomic E-state index is 5.53. The summed E-state index contributed by atoms with van der Waals surface area (Å²) >= 11 is 0. The summed E-state index contributed by atoms with van der Waals surface area (Å²) in [6, 6.07) is 10.9. The third-order valence-electron chi connectivity index (χ3n) is 4.96. The number of hydrogen-bond donors (Lipinski definition) is 0. The highest BCUT2D eigenvalue weighted by Crippen LogP contribution is 2.29. The van der Waals surface area contributed by atoms with E-state index in [1.54, 1.807) is 0 Å². The minimum absolute atomic E-state index is 0.722. The Bertz CT molecular complexity index is 634. The van der Waals surface area contributed by atoms with Gasteiger partial charge in [-0.2, -0.15) is 4.68 Å². The zero-order valence-corrected chi connectivity index (χ0v) is 14.0. The summed E-state index contributed by atoms with van der Waals surface area (Å²) < 4.78 is 7.38. The molecule has 0 amide bonds. The van der Waals surface area contributed by atoms with Crippen LogP contribution < -0.4 is 0 Å². The average Bonchev–Trinajstić information content (AvgIpc) is 3.14. The highest BCUT2D eigenvalue weighted by Gasteiger charge is 2.31. The van der Waals surface area contributed by atoms with Crippen molar-refractivity contribution in [2.24, 2.45) is 5.92 Å². The van der Waals surface area contributed by atoms with Crippen LogP contribution in [0, 0.1) is 5.92 Å². The van der Waals surface area contributed by atoms with Crippen molar-refractivity contribution in [3.63, 3.8) is 0 Å². The molecule has 0 unspecified atom stereocenters. The van der Waals surface area contributed by atoms with E-state index < -0.39 is 0 Å². The molecule has 1 aromatic heterocycles. The Morgan fingerprint density at radius 2 is 2.04 bits per heavy atom. The van der Waals surface area contributed by atoms with Crippen LogP contribution in [0.1, 0.15) is 31.5 Å². The van der Waals surface area contributed by atoms with Crippen LogP contribution in [0.15, 0.2) is 30.3 Å². The largest absolute Gasteiger partial charge is 0.381 e. The van der Waals surface area contributed by atoms with Gasteiger partial charge in [0, 0.05) is 25.6 Å². The molecule has 24 heavy (non-hydrogen) atoms. The molecule has 0 N–H and O–H groups in total. The molecule has 1 saturated carbocycles. The molecule has 2 fully saturated rings. The second kappa shape index (κ2) is 7.40. The number of benzene rings is 1. The Balaban J connectivity index is 1.32. The molecule has 6 heteroatoms. The molecule has 0 bridgehead atoms. The van der Waals surface area contributed by atoms with Crippen LogP contribution in [0.3, 0.4) is 0 Å². The number of para-hydroxylation sites is 1. The van der Waals surface area contributed by atoms with Crippen LogP contribution >= 0.6 is 0 Å². The highest BCUT2D eigenvalue weighted by atomic mass is 16.5. The zero-order chi connectivity index (χ0) is 16.2. The van der Waals surface area contributed by atoms with Crippen molar-refractivity contribution in [2.75, 3.05) is 26.3 Å². The van der Waals surface area contributed by atoms with Crippen molar-refractivity contribution in [1.82, 2.24) is 25.1 Å². The Kier molecular flexibility index (Phi) is 4.85. The molecule has 1 aliphatic heterocycles. The van der Waals surface area contributed by atoms with Gasteiger partial charge in [0.25, 0.3) is 0 Å². The van der Waals surface area contributed by atoms with Gasteiger partial charge in [-0.25, -0.2) is 0 Å². The summed E-state index contributed by atoms with van der Waals surface area (Å²) in [5.41, 5.74) is 1.03. The molecule has 6 nitrogen and oxygen atoms in total. The van der Waals surface area contributed by atoms with Gasteiger partial charge in [-0.15, -0.1) is 5.10 Å². The summed E-state index contributed by atoms with van der Waals surface area (Å²) in [5, 5.41) is 12.2. The van der Waals surface area contributed by atoms with E-state index in [-0.39, 0.29) is 0 Å². The second-order valence-electron chi connectivity index (χ2n) is 6.90. The normalized spacial score (nSPS) is 20.8. The lowest BCUT2D eigenvalue weighted by Gasteiger charge is -2.24. The van der Waals surface area contributed by atoms with Gasteiger partial charge in [0.1, 0.15) is 0 Å². The zero-order valence-electron chi connectivity index (χ0n) is 14.0. The monoisotopic (exact) mass is 327 g/mol. The first-order valence-electron chi connectivity index (χ1n) is 9.04. The molecule has 2 heterocycles. The number of ether oxygens (including phenoxy) is 1. The number of tetrazole rings is 1. The number of hydrogen-bond acceptors (Lipinski definition) is 5. The summed E-state index contributed by atoms with van der Waals surface area (Å²) in [4.78, 5) is 2.66. The lowest BCUT2D eigenvalue weighted by atomic mass is 10.1. The van der Waals surface area contributed by atoms with E-state index in [9.17, 15) is 0 Å². The van der Waals surface area contributed by atoms with Gasteiger partial charge in [-0.05, 0) is 60.7 Å². The molecule has 0 radical (unpaired) electrons. The number of aromatic nitrogens is 4. The smallest absolute Gasteiger partial charge is 0.156 e. The van der Waals surface area contributed by atoms with Gasteiger partial charge in [-0.3, -0.25) is 0 Å². The fourth-order valence-electron chi connectivity index (χ4n) is 3.49. The molecular formula is C18H25N5O. The first-order chi connectivity index (χ1) is 11.9. The van der Waals surface area contributed by atoms with E-state index in [1.165, 1.54) is 25.8 Å². The van der Waals surface area contributed by atoms with E-state index in [1.807, 2.05) is 35.0 Å². The van der Waals surface area contributed by atoms with E-state index in [4.69, 9.17) is 4.74 Å². The summed E-state index contributed by atoms with van der Waals surface area (Å²) in [6.07, 6.45) is 5.93. The van der Waals surface area contributed by atoms with Crippen molar-refractivity contribution in [3.8, 4) is 5.69 Å². The molecule has 1 saturated heterocycles. The molecular weight excluding hydrogens is 302 g/mol. The summed E-state index contributed by atoms with van der Waals surface area (Å²) in [5.74, 6) is 1.67. The van der Waals surface area contributed by atoms with Crippen LogP contribution in [0.25, 0.3) is 5.69 Å². The number of aryl methyl sites for hydroxylation is 1. The minimum Gasteiger partial charge on any atom is -0.381 e. The number of nitrogens with zero attached hydrogens (tertiary/aromatic N) is 5. The van der Waals surface area contributed by atoms with Crippen molar-refractivity contribution < 1.29 is 4.74 Å². The lowest BCUT2D eigenvalue weighted by molar-refractivity contribution is 0.163. The molecule has 1 atom stereocenters. The predicted octanol–water partition coefficient (Wildman–Crippen LogP) is 2.10. The van der Waals surface area contributed by atoms with E-state index >= 15 is 0 Å². The van der Waals surface area contributed by atoms with Crippen molar-refractivity contribution >= 4 is 0 Å². The van der Waals surface area contributed by atoms with Gasteiger partial charge in [-0.1, -0.05) is 18.2 Å². The van der Waals surface area contributed by atoms with Crippen LogP contribution in [0.2, 0.25) is 0 Å². The van der Waals surface area contributed by atoms with Crippen LogP contribution in [-0.4, -0.2) is 57.5 Å². The van der Waals surface area contributed by atoms with Gasteiger partial charge in [0.2, 0.25) is 0 Å². The number of rotatable bonds is 8. The third-order valence-corrected chi connectivity index (χ3v) is 4.96. The lowest BCUT2D eigenvalue weighted by Crippen LogP contribution is -2.33. The molecule has 2 aliphatic rings. The molecule has 4 rings (SSSR count). The van der Waals surface area contributed by atoms with Gasteiger partial charge < -0.3 is 9.64 Å². The summed E-state index contributed by atoms with van der Waals surface area (Å²) in [7, 11) is 0. The molecule has 128 valence electrons.